The summed E-state index contributed by atoms with van der Waals surface area (Å²) < 4.78 is 0. The van der Waals surface area contributed by atoms with Crippen LogP contribution in [0.25, 0.3) is 6.08 Å². The molecule has 0 aromatic heterocycles. The predicted octanol–water partition coefficient (Wildman–Crippen LogP) is 4.56. The van der Waals surface area contributed by atoms with Crippen LogP contribution >= 0.6 is 23.4 Å². The van der Waals surface area contributed by atoms with Crippen molar-refractivity contribution in [3.05, 3.63) is 39.8 Å². The fourth-order valence-corrected chi connectivity index (χ4v) is 6.71. The van der Waals surface area contributed by atoms with Crippen molar-refractivity contribution in [3.63, 3.8) is 0 Å². The quantitative estimate of drug-likeness (QED) is 0.613. The van der Waals surface area contributed by atoms with Gasteiger partial charge in [0.2, 0.25) is 5.91 Å². The second-order valence-corrected chi connectivity index (χ2v) is 10.8. The van der Waals surface area contributed by atoms with Crippen molar-refractivity contribution in [3.8, 4) is 0 Å². The zero-order valence-corrected chi connectivity index (χ0v) is 20.3. The maximum Gasteiger partial charge on any atom is 0.261 e. The van der Waals surface area contributed by atoms with Gasteiger partial charge in [-0.1, -0.05) is 49.4 Å². The summed E-state index contributed by atoms with van der Waals surface area (Å²) in [4.78, 5) is 31.2. The van der Waals surface area contributed by atoms with Gasteiger partial charge in [0, 0.05) is 29.4 Å². The summed E-state index contributed by atoms with van der Waals surface area (Å²) in [6.45, 7) is 3.93. The number of likely N-dealkylation sites (tertiary alicyclic amines) is 1. The molecule has 0 bridgehead atoms. The van der Waals surface area contributed by atoms with Gasteiger partial charge in [0.15, 0.2) is 0 Å². The maximum absolute atomic E-state index is 13.4. The molecule has 2 saturated heterocycles. The highest BCUT2D eigenvalue weighted by molar-refractivity contribution is 8.04. The van der Waals surface area contributed by atoms with E-state index in [1.165, 1.54) is 32.1 Å². The highest BCUT2D eigenvalue weighted by Gasteiger charge is 2.41. The Bertz CT molecular complexity index is 838. The molecular formula is C25H34ClN3O2S. The van der Waals surface area contributed by atoms with Crippen LogP contribution in [-0.2, 0) is 9.59 Å². The van der Waals surface area contributed by atoms with Gasteiger partial charge in [-0.05, 0) is 62.5 Å². The zero-order chi connectivity index (χ0) is 22.3. The molecule has 3 aliphatic rings. The van der Waals surface area contributed by atoms with E-state index in [1.54, 1.807) is 11.8 Å². The lowest BCUT2D eigenvalue weighted by atomic mass is 9.93. The van der Waals surface area contributed by atoms with Gasteiger partial charge in [-0.3, -0.25) is 9.59 Å². The molecule has 0 spiro atoms. The predicted molar refractivity (Wildman–Crippen MR) is 133 cm³/mol. The molecule has 5 nitrogen and oxygen atoms in total. The Morgan fingerprint density at radius 3 is 2.69 bits per heavy atom. The van der Waals surface area contributed by atoms with Crippen molar-refractivity contribution >= 4 is 41.3 Å². The van der Waals surface area contributed by atoms with E-state index in [9.17, 15) is 9.59 Å². The second-order valence-electron chi connectivity index (χ2n) is 9.11. The summed E-state index contributed by atoms with van der Waals surface area (Å²) >= 11 is 7.82. The number of benzene rings is 1. The number of nitrogens with one attached hydrogen (secondary N) is 1. The third-order valence-electron chi connectivity index (χ3n) is 6.73. The number of hydrogen-bond donors (Lipinski definition) is 1. The molecular weight excluding hydrogens is 442 g/mol. The van der Waals surface area contributed by atoms with Crippen LogP contribution in [-0.4, -0.2) is 65.6 Å². The van der Waals surface area contributed by atoms with Gasteiger partial charge in [0.05, 0.1) is 4.91 Å². The van der Waals surface area contributed by atoms with Crippen LogP contribution in [0.15, 0.2) is 29.2 Å². The Labute approximate surface area is 200 Å². The van der Waals surface area contributed by atoms with E-state index in [-0.39, 0.29) is 24.4 Å². The van der Waals surface area contributed by atoms with Crippen LogP contribution in [0, 0.1) is 0 Å². The van der Waals surface area contributed by atoms with E-state index in [4.69, 9.17) is 11.6 Å². The first kappa shape index (κ1) is 23.7. The summed E-state index contributed by atoms with van der Waals surface area (Å²) in [6.07, 6.45) is 11.4. The molecule has 1 aromatic rings. The summed E-state index contributed by atoms with van der Waals surface area (Å²) in [6, 6.07) is 7.70. The molecule has 1 aromatic carbocycles. The van der Waals surface area contributed by atoms with Crippen LogP contribution in [0.4, 0.5) is 0 Å². The van der Waals surface area contributed by atoms with Crippen molar-refractivity contribution in [1.82, 2.24) is 15.1 Å². The van der Waals surface area contributed by atoms with E-state index in [1.807, 2.05) is 35.2 Å². The second kappa shape index (κ2) is 11.6. The Morgan fingerprint density at radius 1 is 1.12 bits per heavy atom. The molecule has 174 valence electrons. The van der Waals surface area contributed by atoms with E-state index in [2.05, 4.69) is 10.2 Å². The van der Waals surface area contributed by atoms with Gasteiger partial charge in [-0.15, -0.1) is 11.8 Å². The molecule has 3 fully saturated rings. The number of amides is 2. The van der Waals surface area contributed by atoms with Gasteiger partial charge in [0.1, 0.15) is 6.54 Å². The average molecular weight is 476 g/mol. The van der Waals surface area contributed by atoms with Gasteiger partial charge in [-0.25, -0.2) is 0 Å². The van der Waals surface area contributed by atoms with Gasteiger partial charge < -0.3 is 15.1 Å². The Kier molecular flexibility index (Phi) is 8.55. The van der Waals surface area contributed by atoms with E-state index in [0.29, 0.717) is 21.7 Å². The number of nitrogens with zero attached hydrogens (tertiary/aromatic N) is 2. The summed E-state index contributed by atoms with van der Waals surface area (Å²) in [5.74, 6) is -0.0766. The van der Waals surface area contributed by atoms with Gasteiger partial charge in [-0.2, -0.15) is 0 Å². The number of hydrogen-bond acceptors (Lipinski definition) is 4. The van der Waals surface area contributed by atoms with Crippen LogP contribution in [0.1, 0.15) is 56.9 Å². The third kappa shape index (κ3) is 6.30. The lowest BCUT2D eigenvalue weighted by Gasteiger charge is -2.43. The molecule has 4 rings (SSSR count). The number of fused-ring (bicyclic) bond motifs is 1. The zero-order valence-electron chi connectivity index (χ0n) is 18.7. The Hall–Kier alpha value is -1.50. The van der Waals surface area contributed by atoms with E-state index >= 15 is 0 Å². The molecule has 1 N–H and O–H groups in total. The molecule has 2 atom stereocenters. The first-order valence-corrected chi connectivity index (χ1v) is 13.3. The summed E-state index contributed by atoms with van der Waals surface area (Å²) in [7, 11) is 0. The van der Waals surface area contributed by atoms with E-state index < -0.39 is 0 Å². The minimum absolute atomic E-state index is 0.0270. The Balaban J connectivity index is 1.39. The lowest BCUT2D eigenvalue weighted by Crippen LogP contribution is -2.54. The molecule has 2 heterocycles. The van der Waals surface area contributed by atoms with Crippen molar-refractivity contribution < 1.29 is 9.59 Å². The van der Waals surface area contributed by atoms with Crippen LogP contribution in [0.2, 0.25) is 5.02 Å². The summed E-state index contributed by atoms with van der Waals surface area (Å²) in [5.41, 5.74) is 0.921. The SMILES string of the molecule is O=C(CN1C(=O)/C(=C\c2cccc(Cl)c2)SC2CCCCC21)NCCN1CCCCCC1. The minimum atomic E-state index is -0.0495. The molecule has 2 unspecified atom stereocenters. The normalized spacial score (nSPS) is 26.0. The van der Waals surface area contributed by atoms with Gasteiger partial charge >= 0.3 is 0 Å². The molecule has 2 amide bonds. The molecule has 1 aliphatic carbocycles. The fourth-order valence-electron chi connectivity index (χ4n) is 5.03. The minimum Gasteiger partial charge on any atom is -0.353 e. The van der Waals surface area contributed by atoms with Gasteiger partial charge in [0.25, 0.3) is 5.91 Å². The molecule has 1 saturated carbocycles. The van der Waals surface area contributed by atoms with Crippen molar-refractivity contribution in [2.45, 2.75) is 62.7 Å². The maximum atomic E-state index is 13.4. The standard InChI is InChI=1S/C25H34ClN3O2S/c26-20-9-7-8-19(16-20)17-23-25(31)29(21-10-3-4-11-22(21)32-23)18-24(30)27-12-15-28-13-5-1-2-6-14-28/h7-9,16-17,21-22H,1-6,10-15,18H2,(H,27,30)/b23-17+. The monoisotopic (exact) mass is 475 g/mol. The van der Waals surface area contributed by atoms with Crippen LogP contribution in [0.3, 0.4) is 0 Å². The Morgan fingerprint density at radius 2 is 1.91 bits per heavy atom. The third-order valence-corrected chi connectivity index (χ3v) is 8.36. The van der Waals surface area contributed by atoms with Crippen molar-refractivity contribution in [1.29, 1.82) is 0 Å². The molecule has 2 aliphatic heterocycles. The van der Waals surface area contributed by atoms with Crippen LogP contribution < -0.4 is 5.32 Å². The van der Waals surface area contributed by atoms with Crippen molar-refractivity contribution in [2.75, 3.05) is 32.7 Å². The first-order chi connectivity index (χ1) is 15.6. The fraction of sp³-hybridized carbons (Fsp3) is 0.600. The number of rotatable bonds is 6. The molecule has 7 heteroatoms. The number of carbonyl (C=O) groups excluding carboxylic acids is 2. The topological polar surface area (TPSA) is 52.7 Å². The number of thioether (sulfide) groups is 1. The van der Waals surface area contributed by atoms with E-state index in [0.717, 1.165) is 44.5 Å². The largest absolute Gasteiger partial charge is 0.353 e. The van der Waals surface area contributed by atoms with Crippen LogP contribution in [0.5, 0.6) is 0 Å². The first-order valence-electron chi connectivity index (χ1n) is 12.0. The lowest BCUT2D eigenvalue weighted by molar-refractivity contribution is -0.135. The smallest absolute Gasteiger partial charge is 0.261 e. The number of halogens is 1. The number of carbonyl (C=O) groups is 2. The average Bonchev–Trinajstić information content (AvgIpc) is 3.05. The highest BCUT2D eigenvalue weighted by Crippen LogP contribution is 2.42. The molecule has 0 radical (unpaired) electrons. The summed E-state index contributed by atoms with van der Waals surface area (Å²) in [5, 5.41) is 4.08. The molecule has 32 heavy (non-hydrogen) atoms. The van der Waals surface area contributed by atoms with Crippen molar-refractivity contribution in [2.24, 2.45) is 0 Å². The highest BCUT2D eigenvalue weighted by atomic mass is 35.5.